The Kier molecular flexibility index (Phi) is 11.5. The van der Waals surface area contributed by atoms with Crippen molar-refractivity contribution in [2.45, 2.75) is 0 Å². The Morgan fingerprint density at radius 3 is 1.30 bits per heavy atom. The van der Waals surface area contributed by atoms with Crippen LogP contribution in [0.15, 0.2) is 0 Å². The third kappa shape index (κ3) is 24.4. The summed E-state index contributed by atoms with van der Waals surface area (Å²) in [5.74, 6) is 0. The van der Waals surface area contributed by atoms with Gasteiger partial charge in [0.2, 0.25) is 0 Å². The molecule has 0 atom stereocenters. The molecular formula is C2H8O6P2+2. The average molecular weight is 190 g/mol. The second-order valence-corrected chi connectivity index (χ2v) is 2.52. The smallest absolute Gasteiger partial charge is 0.134 e. The van der Waals surface area contributed by atoms with Crippen LogP contribution < -0.4 is 0 Å². The van der Waals surface area contributed by atoms with Crippen molar-refractivity contribution in [3.05, 3.63) is 0 Å². The molecule has 6 nitrogen and oxygen atoms in total. The summed E-state index contributed by atoms with van der Waals surface area (Å²) < 4.78 is 27.0. The second kappa shape index (κ2) is 9.04. The molecule has 0 heterocycles. The Balaban J connectivity index is 0. The first kappa shape index (κ1) is 12.7. The lowest BCUT2D eigenvalue weighted by atomic mass is 11.8. The van der Waals surface area contributed by atoms with E-state index < -0.39 is 16.5 Å². The van der Waals surface area contributed by atoms with Gasteiger partial charge >= 0.3 is 16.5 Å². The molecule has 0 unspecified atom stereocenters. The van der Waals surface area contributed by atoms with Crippen LogP contribution in [0.25, 0.3) is 0 Å². The van der Waals surface area contributed by atoms with Gasteiger partial charge in [0.1, 0.15) is 0 Å². The van der Waals surface area contributed by atoms with E-state index in [9.17, 15) is 4.57 Å². The molecule has 0 aliphatic heterocycles. The quantitative estimate of drug-likeness (QED) is 0.618. The van der Waals surface area contributed by atoms with Crippen LogP contribution in [0, 0.1) is 0 Å². The van der Waals surface area contributed by atoms with Crippen LogP contribution in [0.2, 0.25) is 0 Å². The van der Waals surface area contributed by atoms with Gasteiger partial charge in [-0.25, -0.2) is 0 Å². The molecule has 0 aliphatic rings. The molecule has 0 aromatic carbocycles. The number of rotatable bonds is 2. The van der Waals surface area contributed by atoms with Gasteiger partial charge in [-0.1, -0.05) is 0 Å². The molecule has 0 saturated carbocycles. The third-order valence-corrected chi connectivity index (χ3v) is 0.894. The van der Waals surface area contributed by atoms with Gasteiger partial charge in [0.15, 0.2) is 0 Å². The van der Waals surface area contributed by atoms with Gasteiger partial charge in [-0.3, -0.25) is 0 Å². The molecule has 8 heteroatoms. The van der Waals surface area contributed by atoms with Gasteiger partial charge in [0, 0.05) is 9.13 Å². The maximum Gasteiger partial charge on any atom is 0.696 e. The Labute approximate surface area is 59.7 Å². The molecule has 10 heavy (non-hydrogen) atoms. The minimum absolute atomic E-state index is 1.32. The van der Waals surface area contributed by atoms with Crippen molar-refractivity contribution in [3.8, 4) is 0 Å². The summed E-state index contributed by atoms with van der Waals surface area (Å²) >= 11 is 0. The van der Waals surface area contributed by atoms with Gasteiger partial charge in [0.05, 0.1) is 14.2 Å². The zero-order valence-corrected chi connectivity index (χ0v) is 7.21. The Morgan fingerprint density at radius 1 is 1.10 bits per heavy atom. The van der Waals surface area contributed by atoms with Crippen LogP contribution in [0.3, 0.4) is 0 Å². The fraction of sp³-hybridized carbons (Fsp3) is 1.00. The van der Waals surface area contributed by atoms with Gasteiger partial charge in [-0.15, -0.1) is 18.8 Å². The van der Waals surface area contributed by atoms with Crippen LogP contribution in [-0.4, -0.2) is 24.0 Å². The van der Waals surface area contributed by atoms with Crippen LogP contribution in [0.1, 0.15) is 0 Å². The van der Waals surface area contributed by atoms with E-state index >= 15 is 0 Å². The van der Waals surface area contributed by atoms with Crippen molar-refractivity contribution >= 4 is 16.5 Å². The monoisotopic (exact) mass is 190 g/mol. The van der Waals surface area contributed by atoms with Crippen LogP contribution >= 0.6 is 16.5 Å². The fourth-order valence-corrected chi connectivity index (χ4v) is 0.224. The molecule has 0 aromatic rings. The highest BCUT2D eigenvalue weighted by atomic mass is 31.1. The van der Waals surface area contributed by atoms with Crippen molar-refractivity contribution in [1.82, 2.24) is 0 Å². The maximum atomic E-state index is 9.88. The summed E-state index contributed by atoms with van der Waals surface area (Å²) in [7, 11) is -2.05. The normalized spacial score (nSPS) is 7.60. The van der Waals surface area contributed by atoms with E-state index in [4.69, 9.17) is 14.4 Å². The SMILES string of the molecule is CO[P+](=O)OC.O=[P+](O)O. The van der Waals surface area contributed by atoms with Gasteiger partial charge < -0.3 is 0 Å². The second-order valence-electron chi connectivity index (χ2n) is 0.841. The van der Waals surface area contributed by atoms with Crippen molar-refractivity contribution in [1.29, 1.82) is 0 Å². The summed E-state index contributed by atoms with van der Waals surface area (Å²) in [5.41, 5.74) is 0. The summed E-state index contributed by atoms with van der Waals surface area (Å²) in [6.45, 7) is 0. The van der Waals surface area contributed by atoms with E-state index in [2.05, 4.69) is 9.05 Å². The summed E-state index contributed by atoms with van der Waals surface area (Å²) in [6.07, 6.45) is 0. The minimum Gasteiger partial charge on any atom is -0.134 e. The zero-order chi connectivity index (χ0) is 8.57. The van der Waals surface area contributed by atoms with E-state index in [1.807, 2.05) is 0 Å². The fourth-order valence-electron chi connectivity index (χ4n) is 0.0745. The first-order valence-electron chi connectivity index (χ1n) is 1.95. The predicted molar refractivity (Wildman–Crippen MR) is 33.7 cm³/mol. The molecule has 0 rings (SSSR count). The molecule has 0 fully saturated rings. The zero-order valence-electron chi connectivity index (χ0n) is 5.42. The van der Waals surface area contributed by atoms with Crippen LogP contribution in [0.5, 0.6) is 0 Å². The third-order valence-electron chi connectivity index (χ3n) is 0.298. The summed E-state index contributed by atoms with van der Waals surface area (Å²) in [4.78, 5) is 14.2. The first-order chi connectivity index (χ1) is 4.54. The van der Waals surface area contributed by atoms with E-state index in [1.165, 1.54) is 14.2 Å². The molecule has 0 aliphatic carbocycles. The van der Waals surface area contributed by atoms with Crippen molar-refractivity contribution in [2.75, 3.05) is 14.2 Å². The standard InChI is InChI=1S/C2H6O3P.HO3P/c1-4-6(3)5-2;1-4(2)3/h1-2H3;(H-,1,2,3)/q+1;/p+1. The first-order valence-corrected chi connectivity index (χ1v) is 4.21. The minimum atomic E-state index is -2.87. The summed E-state index contributed by atoms with van der Waals surface area (Å²) in [5, 5.41) is 0. The van der Waals surface area contributed by atoms with Crippen molar-refractivity contribution in [3.63, 3.8) is 0 Å². The van der Waals surface area contributed by atoms with Crippen molar-refractivity contribution in [2.24, 2.45) is 0 Å². The lowest BCUT2D eigenvalue weighted by molar-refractivity contribution is 0.302. The van der Waals surface area contributed by atoms with E-state index in [1.54, 1.807) is 0 Å². The van der Waals surface area contributed by atoms with Crippen LogP contribution in [-0.2, 0) is 18.2 Å². The van der Waals surface area contributed by atoms with E-state index in [0.29, 0.717) is 0 Å². The Morgan fingerprint density at radius 2 is 1.30 bits per heavy atom. The lowest BCUT2D eigenvalue weighted by Crippen LogP contribution is -1.66. The Hall–Kier alpha value is 0.0400. The molecule has 0 aromatic heterocycles. The Bertz CT molecular complexity index is 102. The lowest BCUT2D eigenvalue weighted by Gasteiger charge is -1.66. The molecule has 2 N–H and O–H groups in total. The molecule has 0 spiro atoms. The number of hydrogen-bond donors (Lipinski definition) is 2. The molecule has 0 amide bonds. The predicted octanol–water partition coefficient (Wildman–Crippen LogP) is 0.565. The van der Waals surface area contributed by atoms with E-state index in [0.717, 1.165) is 0 Å². The largest absolute Gasteiger partial charge is 0.696 e. The molecule has 60 valence electrons. The molecular weight excluding hydrogens is 182 g/mol. The topological polar surface area (TPSA) is 93.1 Å². The highest BCUT2D eigenvalue weighted by Crippen LogP contribution is 2.18. The summed E-state index contributed by atoms with van der Waals surface area (Å²) in [6, 6.07) is 0. The van der Waals surface area contributed by atoms with Crippen molar-refractivity contribution < 1.29 is 28.0 Å². The highest BCUT2D eigenvalue weighted by Gasteiger charge is 2.10. The van der Waals surface area contributed by atoms with E-state index in [-0.39, 0.29) is 0 Å². The average Bonchev–Trinajstić information content (AvgIpc) is 1.85. The van der Waals surface area contributed by atoms with Crippen LogP contribution in [0.4, 0.5) is 0 Å². The molecule has 0 bridgehead atoms. The molecule has 0 saturated heterocycles. The maximum absolute atomic E-state index is 9.88. The number of hydrogen-bond acceptors (Lipinski definition) is 4. The van der Waals surface area contributed by atoms with Gasteiger partial charge in [-0.05, 0) is 0 Å². The highest BCUT2D eigenvalue weighted by molar-refractivity contribution is 7.33. The van der Waals surface area contributed by atoms with Gasteiger partial charge in [0.25, 0.3) is 0 Å². The van der Waals surface area contributed by atoms with Gasteiger partial charge in [-0.2, -0.15) is 0 Å². The molecule has 0 radical (unpaired) electrons.